The van der Waals surface area contributed by atoms with Crippen molar-refractivity contribution in [1.82, 2.24) is 9.21 Å². The molecule has 1 aliphatic carbocycles. The molecule has 0 radical (unpaired) electrons. The summed E-state index contributed by atoms with van der Waals surface area (Å²) < 4.78 is 32.4. The molecule has 1 amide bonds. The highest BCUT2D eigenvalue weighted by Gasteiger charge is 2.29. The highest BCUT2D eigenvalue weighted by Crippen LogP contribution is 2.26. The number of nitrogens with zero attached hydrogens (tertiary/aromatic N) is 2. The van der Waals surface area contributed by atoms with Crippen molar-refractivity contribution in [2.75, 3.05) is 20.7 Å². The minimum atomic E-state index is -3.63. The Labute approximate surface area is 190 Å². The van der Waals surface area contributed by atoms with Crippen LogP contribution in [0.4, 0.5) is 0 Å². The number of benzene rings is 2. The Hall–Kier alpha value is -2.71. The van der Waals surface area contributed by atoms with Crippen molar-refractivity contribution in [3.05, 3.63) is 65.7 Å². The highest BCUT2D eigenvalue weighted by molar-refractivity contribution is 7.89. The summed E-state index contributed by atoms with van der Waals surface area (Å²) in [6.45, 7) is 0.0327. The summed E-state index contributed by atoms with van der Waals surface area (Å²) in [5.74, 6) is -0.994. The summed E-state index contributed by atoms with van der Waals surface area (Å²) >= 11 is 0. The maximum Gasteiger partial charge on any atom is 0.338 e. The smallest absolute Gasteiger partial charge is 0.338 e. The Balaban J connectivity index is 1.55. The van der Waals surface area contributed by atoms with E-state index in [1.165, 1.54) is 33.5 Å². The highest BCUT2D eigenvalue weighted by atomic mass is 32.2. The minimum Gasteiger partial charge on any atom is -0.452 e. The predicted molar refractivity (Wildman–Crippen MR) is 121 cm³/mol. The van der Waals surface area contributed by atoms with Crippen LogP contribution in [-0.4, -0.2) is 56.2 Å². The van der Waals surface area contributed by atoms with Crippen LogP contribution in [-0.2, 0) is 26.1 Å². The van der Waals surface area contributed by atoms with Gasteiger partial charge in [0.1, 0.15) is 0 Å². The van der Waals surface area contributed by atoms with Crippen LogP contribution in [0.15, 0.2) is 59.5 Å². The minimum absolute atomic E-state index is 0.0114. The number of hydrogen-bond donors (Lipinski definition) is 0. The lowest BCUT2D eigenvalue weighted by atomic mass is 9.96. The first-order chi connectivity index (χ1) is 15.3. The van der Waals surface area contributed by atoms with E-state index in [0.717, 1.165) is 37.7 Å². The molecule has 0 spiro atoms. The van der Waals surface area contributed by atoms with Crippen molar-refractivity contribution in [2.24, 2.45) is 0 Å². The van der Waals surface area contributed by atoms with Crippen molar-refractivity contribution in [2.45, 2.75) is 49.6 Å². The standard InChI is InChI=1S/C24H30N2O5S/c1-25(17-19-9-5-3-6-10-19)23(27)18-31-24(28)20-13-15-22(16-14-20)32(29,30)26(2)21-11-7-4-8-12-21/h3,5-6,9-10,13-16,21H,4,7-8,11-12,17-18H2,1-2H3. The number of rotatable bonds is 8. The topological polar surface area (TPSA) is 84.0 Å². The number of hydrogen-bond acceptors (Lipinski definition) is 5. The van der Waals surface area contributed by atoms with Crippen LogP contribution in [0.2, 0.25) is 0 Å². The zero-order valence-corrected chi connectivity index (χ0v) is 19.4. The first-order valence-electron chi connectivity index (χ1n) is 10.8. The van der Waals surface area contributed by atoms with Crippen molar-refractivity contribution in [3.63, 3.8) is 0 Å². The summed E-state index contributed by atoms with van der Waals surface area (Å²) in [5.41, 5.74) is 1.17. The molecule has 0 aliphatic heterocycles. The van der Waals surface area contributed by atoms with Gasteiger partial charge in [-0.1, -0.05) is 49.6 Å². The second kappa shape index (κ2) is 10.7. The Morgan fingerprint density at radius 1 is 0.938 bits per heavy atom. The van der Waals surface area contributed by atoms with Gasteiger partial charge in [0, 0.05) is 26.7 Å². The van der Waals surface area contributed by atoms with Gasteiger partial charge in [-0.25, -0.2) is 13.2 Å². The number of amides is 1. The van der Waals surface area contributed by atoms with E-state index < -0.39 is 16.0 Å². The lowest BCUT2D eigenvalue weighted by Gasteiger charge is -2.30. The molecule has 2 aromatic rings. The van der Waals surface area contributed by atoms with Crippen LogP contribution >= 0.6 is 0 Å². The Morgan fingerprint density at radius 3 is 2.19 bits per heavy atom. The van der Waals surface area contributed by atoms with Gasteiger partial charge in [0.05, 0.1) is 10.5 Å². The molecule has 0 heterocycles. The van der Waals surface area contributed by atoms with Gasteiger partial charge in [-0.3, -0.25) is 4.79 Å². The molecule has 8 heteroatoms. The molecular formula is C24H30N2O5S. The van der Waals surface area contributed by atoms with Gasteiger partial charge in [-0.05, 0) is 42.7 Å². The number of carbonyl (C=O) groups is 2. The van der Waals surface area contributed by atoms with E-state index >= 15 is 0 Å². The number of carbonyl (C=O) groups excluding carboxylic acids is 2. The molecule has 0 atom stereocenters. The summed E-state index contributed by atoms with van der Waals surface area (Å²) in [5, 5.41) is 0. The molecule has 0 saturated heterocycles. The number of likely N-dealkylation sites (N-methyl/N-ethyl adjacent to an activating group) is 1. The number of ether oxygens (including phenoxy) is 1. The molecule has 0 unspecified atom stereocenters. The Bertz CT molecular complexity index is 1020. The van der Waals surface area contributed by atoms with Crippen molar-refractivity contribution < 1.29 is 22.7 Å². The molecule has 32 heavy (non-hydrogen) atoms. The van der Waals surface area contributed by atoms with Gasteiger partial charge in [-0.15, -0.1) is 0 Å². The monoisotopic (exact) mass is 458 g/mol. The molecule has 0 N–H and O–H groups in total. The third-order valence-corrected chi connectivity index (χ3v) is 7.80. The summed E-state index contributed by atoms with van der Waals surface area (Å²) in [6, 6.07) is 15.2. The van der Waals surface area contributed by atoms with E-state index in [2.05, 4.69) is 0 Å². The molecule has 1 fully saturated rings. The van der Waals surface area contributed by atoms with E-state index in [0.29, 0.717) is 6.54 Å². The average molecular weight is 459 g/mol. The van der Waals surface area contributed by atoms with E-state index in [9.17, 15) is 18.0 Å². The van der Waals surface area contributed by atoms with E-state index in [1.54, 1.807) is 14.1 Å². The SMILES string of the molecule is CN(Cc1ccccc1)C(=O)COC(=O)c1ccc(S(=O)(=O)N(C)C2CCCCC2)cc1. The van der Waals surface area contributed by atoms with Crippen LogP contribution < -0.4 is 0 Å². The maximum absolute atomic E-state index is 12.9. The molecule has 172 valence electrons. The fourth-order valence-corrected chi connectivity index (χ4v) is 5.25. The van der Waals surface area contributed by atoms with Crippen molar-refractivity contribution >= 4 is 21.9 Å². The second-order valence-corrected chi connectivity index (χ2v) is 10.1. The molecule has 2 aromatic carbocycles. The first-order valence-corrected chi connectivity index (χ1v) is 12.3. The summed E-state index contributed by atoms with van der Waals surface area (Å²) in [4.78, 5) is 26.2. The van der Waals surface area contributed by atoms with Crippen LogP contribution in [0.1, 0.15) is 48.0 Å². The number of sulfonamides is 1. The predicted octanol–water partition coefficient (Wildman–Crippen LogP) is 3.46. The normalized spacial score (nSPS) is 14.8. The largest absolute Gasteiger partial charge is 0.452 e. The van der Waals surface area contributed by atoms with E-state index in [1.807, 2.05) is 30.3 Å². The molecule has 0 bridgehead atoms. The fourth-order valence-electron chi connectivity index (χ4n) is 3.84. The van der Waals surface area contributed by atoms with Gasteiger partial charge in [-0.2, -0.15) is 4.31 Å². The summed E-state index contributed by atoms with van der Waals surface area (Å²) in [6.07, 6.45) is 4.95. The fraction of sp³-hybridized carbons (Fsp3) is 0.417. The lowest BCUT2D eigenvalue weighted by Crippen LogP contribution is -2.38. The molecule has 1 saturated carbocycles. The van der Waals surface area contributed by atoms with Crippen LogP contribution in [0.25, 0.3) is 0 Å². The van der Waals surface area contributed by atoms with Gasteiger partial charge >= 0.3 is 5.97 Å². The van der Waals surface area contributed by atoms with Crippen molar-refractivity contribution in [1.29, 1.82) is 0 Å². The molecule has 0 aromatic heterocycles. The van der Waals surface area contributed by atoms with Crippen LogP contribution in [0, 0.1) is 0 Å². The molecule has 1 aliphatic rings. The van der Waals surface area contributed by atoms with Gasteiger partial charge < -0.3 is 9.64 Å². The van der Waals surface area contributed by atoms with Gasteiger partial charge in [0.2, 0.25) is 10.0 Å². The number of esters is 1. The maximum atomic E-state index is 12.9. The van der Waals surface area contributed by atoms with Crippen molar-refractivity contribution in [3.8, 4) is 0 Å². The first kappa shape index (κ1) is 23.9. The lowest BCUT2D eigenvalue weighted by molar-refractivity contribution is -0.133. The zero-order valence-electron chi connectivity index (χ0n) is 18.6. The third kappa shape index (κ3) is 5.95. The Morgan fingerprint density at radius 2 is 1.56 bits per heavy atom. The average Bonchev–Trinajstić information content (AvgIpc) is 2.83. The molecule has 7 nitrogen and oxygen atoms in total. The molecular weight excluding hydrogens is 428 g/mol. The van der Waals surface area contributed by atoms with Crippen LogP contribution in [0.3, 0.4) is 0 Å². The van der Waals surface area contributed by atoms with E-state index in [-0.39, 0.29) is 29.0 Å². The van der Waals surface area contributed by atoms with Gasteiger partial charge in [0.15, 0.2) is 6.61 Å². The zero-order chi connectivity index (χ0) is 23.1. The second-order valence-electron chi connectivity index (χ2n) is 8.15. The Kier molecular flexibility index (Phi) is 8.04. The third-order valence-electron chi connectivity index (χ3n) is 5.87. The van der Waals surface area contributed by atoms with Crippen LogP contribution in [0.5, 0.6) is 0 Å². The molecule has 3 rings (SSSR count). The van der Waals surface area contributed by atoms with E-state index in [4.69, 9.17) is 4.74 Å². The van der Waals surface area contributed by atoms with Gasteiger partial charge in [0.25, 0.3) is 5.91 Å². The summed E-state index contributed by atoms with van der Waals surface area (Å²) in [7, 11) is -0.367. The quantitative estimate of drug-likeness (QED) is 0.566.